The molecule has 20 heavy (non-hydrogen) atoms. The van der Waals surface area contributed by atoms with Crippen LogP contribution in [0.3, 0.4) is 0 Å². The lowest BCUT2D eigenvalue weighted by Crippen LogP contribution is -2.46. The molecule has 0 radical (unpaired) electrons. The quantitative estimate of drug-likeness (QED) is 0.922. The smallest absolute Gasteiger partial charge is 0.0722 e. The first-order chi connectivity index (χ1) is 9.31. The summed E-state index contributed by atoms with van der Waals surface area (Å²) < 4.78 is 1.95. The van der Waals surface area contributed by atoms with Crippen molar-refractivity contribution in [1.29, 1.82) is 0 Å². The Morgan fingerprint density at radius 1 is 1.40 bits per heavy atom. The van der Waals surface area contributed by atoms with Gasteiger partial charge in [0.1, 0.15) is 0 Å². The molecule has 0 aromatic carbocycles. The Hall–Kier alpha value is -0.870. The highest BCUT2D eigenvalue weighted by atomic mass is 15.3. The molecule has 1 aromatic rings. The van der Waals surface area contributed by atoms with E-state index in [0.717, 1.165) is 26.1 Å². The molecule has 2 rings (SSSR count). The molecular formula is C16H30N4. The van der Waals surface area contributed by atoms with Gasteiger partial charge in [0, 0.05) is 43.4 Å². The van der Waals surface area contributed by atoms with Gasteiger partial charge in [0.2, 0.25) is 0 Å². The van der Waals surface area contributed by atoms with Crippen molar-refractivity contribution in [3.8, 4) is 0 Å². The van der Waals surface area contributed by atoms with Crippen molar-refractivity contribution in [2.75, 3.05) is 13.1 Å². The van der Waals surface area contributed by atoms with Gasteiger partial charge in [-0.3, -0.25) is 9.58 Å². The van der Waals surface area contributed by atoms with Crippen LogP contribution in [0.5, 0.6) is 0 Å². The van der Waals surface area contributed by atoms with Crippen molar-refractivity contribution >= 4 is 0 Å². The fourth-order valence-electron chi connectivity index (χ4n) is 3.23. The number of nitrogens with two attached hydrogens (primary N) is 1. The van der Waals surface area contributed by atoms with E-state index in [9.17, 15) is 0 Å². The normalized spacial score (nSPS) is 25.1. The zero-order valence-corrected chi connectivity index (χ0v) is 13.7. The molecule has 1 aliphatic rings. The second-order valence-electron chi connectivity index (χ2n) is 7.28. The standard InChI is InChI=1S/C16H30N4/c1-6-12-10-20(8-7-14(12)17)11-13-9-19(5)18-15(13)16(2,3)4/h9,12,14H,6-8,10-11,17H2,1-5H3. The zero-order chi connectivity index (χ0) is 14.9. The summed E-state index contributed by atoms with van der Waals surface area (Å²) in [4.78, 5) is 2.55. The fraction of sp³-hybridized carbons (Fsp3) is 0.812. The maximum atomic E-state index is 6.21. The molecule has 0 bridgehead atoms. The largest absolute Gasteiger partial charge is 0.327 e. The monoisotopic (exact) mass is 278 g/mol. The molecule has 4 nitrogen and oxygen atoms in total. The molecule has 0 aliphatic carbocycles. The molecule has 2 heterocycles. The van der Waals surface area contributed by atoms with Crippen molar-refractivity contribution in [2.45, 2.75) is 58.5 Å². The molecule has 1 aromatic heterocycles. The van der Waals surface area contributed by atoms with Crippen LogP contribution in [0, 0.1) is 5.92 Å². The average Bonchev–Trinajstić information content (AvgIpc) is 2.72. The van der Waals surface area contributed by atoms with Gasteiger partial charge in [-0.1, -0.05) is 34.1 Å². The van der Waals surface area contributed by atoms with Crippen LogP contribution in [0.4, 0.5) is 0 Å². The number of rotatable bonds is 3. The summed E-state index contributed by atoms with van der Waals surface area (Å²) in [6, 6.07) is 0.382. The molecule has 114 valence electrons. The fourth-order valence-corrected chi connectivity index (χ4v) is 3.23. The van der Waals surface area contributed by atoms with Gasteiger partial charge < -0.3 is 5.73 Å². The zero-order valence-electron chi connectivity index (χ0n) is 13.7. The Bertz CT molecular complexity index is 444. The van der Waals surface area contributed by atoms with Crippen LogP contribution in [0.2, 0.25) is 0 Å². The van der Waals surface area contributed by atoms with E-state index >= 15 is 0 Å². The summed E-state index contributed by atoms with van der Waals surface area (Å²) in [6.07, 6.45) is 4.47. The van der Waals surface area contributed by atoms with E-state index in [1.54, 1.807) is 0 Å². The van der Waals surface area contributed by atoms with E-state index in [2.05, 4.69) is 43.9 Å². The first kappa shape index (κ1) is 15.5. The van der Waals surface area contributed by atoms with E-state index in [1.807, 2.05) is 11.7 Å². The SMILES string of the molecule is CCC1CN(Cc2cn(C)nc2C(C)(C)C)CCC1N. The molecular weight excluding hydrogens is 248 g/mol. The highest BCUT2D eigenvalue weighted by Gasteiger charge is 2.28. The molecule has 4 heteroatoms. The minimum atomic E-state index is 0.104. The van der Waals surface area contributed by atoms with Gasteiger partial charge in [0.25, 0.3) is 0 Å². The van der Waals surface area contributed by atoms with Crippen molar-refractivity contribution in [1.82, 2.24) is 14.7 Å². The van der Waals surface area contributed by atoms with Gasteiger partial charge in [-0.05, 0) is 18.9 Å². The van der Waals surface area contributed by atoms with E-state index in [0.29, 0.717) is 12.0 Å². The van der Waals surface area contributed by atoms with E-state index < -0.39 is 0 Å². The summed E-state index contributed by atoms with van der Waals surface area (Å²) in [5.74, 6) is 0.638. The number of hydrogen-bond donors (Lipinski definition) is 1. The maximum Gasteiger partial charge on any atom is 0.0722 e. The van der Waals surface area contributed by atoms with Crippen LogP contribution < -0.4 is 5.73 Å². The molecule has 2 N–H and O–H groups in total. The number of piperidine rings is 1. The molecule has 1 fully saturated rings. The van der Waals surface area contributed by atoms with Crippen molar-refractivity contribution in [2.24, 2.45) is 18.7 Å². The van der Waals surface area contributed by atoms with E-state index in [1.165, 1.54) is 17.7 Å². The van der Waals surface area contributed by atoms with Gasteiger partial charge in [0.15, 0.2) is 0 Å². The predicted octanol–water partition coefficient (Wildman–Crippen LogP) is 2.28. The van der Waals surface area contributed by atoms with Crippen LogP contribution in [-0.4, -0.2) is 33.8 Å². The number of aromatic nitrogens is 2. The van der Waals surface area contributed by atoms with Gasteiger partial charge in [-0.2, -0.15) is 5.10 Å². The third kappa shape index (κ3) is 3.41. The van der Waals surface area contributed by atoms with E-state index in [-0.39, 0.29) is 5.41 Å². The minimum Gasteiger partial charge on any atom is -0.327 e. The first-order valence-electron chi connectivity index (χ1n) is 7.82. The third-order valence-electron chi connectivity index (χ3n) is 4.41. The summed E-state index contributed by atoms with van der Waals surface area (Å²) in [5.41, 5.74) is 8.90. The summed E-state index contributed by atoms with van der Waals surface area (Å²) in [5, 5.41) is 4.67. The first-order valence-corrected chi connectivity index (χ1v) is 7.82. The topological polar surface area (TPSA) is 47.1 Å². The number of aryl methyl sites for hydroxylation is 1. The molecule has 2 atom stereocenters. The molecule has 2 unspecified atom stereocenters. The van der Waals surface area contributed by atoms with Crippen molar-refractivity contribution < 1.29 is 0 Å². The molecule has 1 saturated heterocycles. The minimum absolute atomic E-state index is 0.104. The number of nitrogens with zero attached hydrogens (tertiary/aromatic N) is 3. The highest BCUT2D eigenvalue weighted by Crippen LogP contribution is 2.27. The van der Waals surface area contributed by atoms with Gasteiger partial charge in [-0.15, -0.1) is 0 Å². The Kier molecular flexibility index (Phi) is 4.55. The van der Waals surface area contributed by atoms with Crippen LogP contribution in [0.15, 0.2) is 6.20 Å². The van der Waals surface area contributed by atoms with Crippen molar-refractivity contribution in [3.63, 3.8) is 0 Å². The number of hydrogen-bond acceptors (Lipinski definition) is 3. The third-order valence-corrected chi connectivity index (χ3v) is 4.41. The van der Waals surface area contributed by atoms with Gasteiger partial charge in [-0.25, -0.2) is 0 Å². The summed E-state index contributed by atoms with van der Waals surface area (Å²) >= 11 is 0. The van der Waals surface area contributed by atoms with Gasteiger partial charge in [0.05, 0.1) is 5.69 Å². The van der Waals surface area contributed by atoms with Crippen LogP contribution in [0.1, 0.15) is 51.8 Å². The van der Waals surface area contributed by atoms with Crippen LogP contribution >= 0.6 is 0 Å². The Morgan fingerprint density at radius 2 is 2.10 bits per heavy atom. The summed E-state index contributed by atoms with van der Waals surface area (Å²) in [6.45, 7) is 12.2. The predicted molar refractivity (Wildman–Crippen MR) is 83.6 cm³/mol. The van der Waals surface area contributed by atoms with E-state index in [4.69, 9.17) is 5.73 Å². The Morgan fingerprint density at radius 3 is 2.70 bits per heavy atom. The average molecular weight is 278 g/mol. The van der Waals surface area contributed by atoms with Crippen LogP contribution in [-0.2, 0) is 19.0 Å². The molecule has 1 aliphatic heterocycles. The summed E-state index contributed by atoms with van der Waals surface area (Å²) in [7, 11) is 2.01. The highest BCUT2D eigenvalue weighted by molar-refractivity contribution is 5.24. The second-order valence-corrected chi connectivity index (χ2v) is 7.28. The molecule has 0 saturated carbocycles. The maximum absolute atomic E-state index is 6.21. The van der Waals surface area contributed by atoms with Crippen molar-refractivity contribution in [3.05, 3.63) is 17.5 Å². The molecule has 0 spiro atoms. The second kappa shape index (κ2) is 5.86. The Labute approximate surface area is 123 Å². The lowest BCUT2D eigenvalue weighted by Gasteiger charge is -2.36. The van der Waals surface area contributed by atoms with Crippen LogP contribution in [0.25, 0.3) is 0 Å². The van der Waals surface area contributed by atoms with Gasteiger partial charge >= 0.3 is 0 Å². The lowest BCUT2D eigenvalue weighted by molar-refractivity contribution is 0.145. The lowest BCUT2D eigenvalue weighted by atomic mass is 9.88. The number of likely N-dealkylation sites (tertiary alicyclic amines) is 1. The Balaban J connectivity index is 2.11. The molecule has 0 amide bonds.